The molecule has 140 valence electrons. The smallest absolute Gasteiger partial charge is 0.225 e. The van der Waals surface area contributed by atoms with Crippen molar-refractivity contribution in [3.8, 4) is 11.5 Å². The van der Waals surface area contributed by atoms with Gasteiger partial charge in [0.25, 0.3) is 0 Å². The molecule has 6 heteroatoms. The predicted molar refractivity (Wildman–Crippen MR) is 101 cm³/mol. The van der Waals surface area contributed by atoms with E-state index in [9.17, 15) is 4.79 Å². The first-order chi connectivity index (χ1) is 12.2. The SMILES string of the molecule is CCN(CC)CCOc1cc(NC(=O)CC2CCCN2)ccc1OC. The minimum atomic E-state index is 0.0265. The predicted octanol–water partition coefficient (Wildman–Crippen LogP) is 2.50. The van der Waals surface area contributed by atoms with Crippen molar-refractivity contribution in [3.63, 3.8) is 0 Å². The highest BCUT2D eigenvalue weighted by atomic mass is 16.5. The minimum Gasteiger partial charge on any atom is -0.493 e. The summed E-state index contributed by atoms with van der Waals surface area (Å²) in [5.74, 6) is 1.36. The number of carbonyl (C=O) groups excluding carboxylic acids is 1. The molecule has 0 saturated carbocycles. The molecular weight excluding hydrogens is 318 g/mol. The van der Waals surface area contributed by atoms with E-state index in [0.29, 0.717) is 30.6 Å². The first kappa shape index (κ1) is 19.5. The lowest BCUT2D eigenvalue weighted by Gasteiger charge is -2.19. The Morgan fingerprint density at radius 2 is 2.12 bits per heavy atom. The largest absolute Gasteiger partial charge is 0.493 e. The van der Waals surface area contributed by atoms with Crippen molar-refractivity contribution in [1.29, 1.82) is 0 Å². The third kappa shape index (κ3) is 6.21. The Hall–Kier alpha value is -1.79. The van der Waals surface area contributed by atoms with E-state index in [0.717, 1.165) is 44.7 Å². The zero-order chi connectivity index (χ0) is 18.1. The summed E-state index contributed by atoms with van der Waals surface area (Å²) < 4.78 is 11.2. The molecule has 0 spiro atoms. The molecule has 1 aliphatic rings. The maximum atomic E-state index is 12.2. The van der Waals surface area contributed by atoms with Gasteiger partial charge < -0.3 is 25.0 Å². The van der Waals surface area contributed by atoms with Crippen LogP contribution in [-0.4, -0.2) is 56.7 Å². The maximum absolute atomic E-state index is 12.2. The van der Waals surface area contributed by atoms with Gasteiger partial charge in [0.2, 0.25) is 5.91 Å². The molecule has 1 amide bonds. The minimum absolute atomic E-state index is 0.0265. The fourth-order valence-electron chi connectivity index (χ4n) is 3.06. The number of ether oxygens (including phenoxy) is 2. The number of nitrogens with zero attached hydrogens (tertiary/aromatic N) is 1. The summed E-state index contributed by atoms with van der Waals surface area (Å²) in [6.45, 7) is 8.73. The van der Waals surface area contributed by atoms with E-state index in [1.54, 1.807) is 7.11 Å². The van der Waals surface area contributed by atoms with Crippen molar-refractivity contribution in [3.05, 3.63) is 18.2 Å². The molecule has 1 aliphatic heterocycles. The van der Waals surface area contributed by atoms with Gasteiger partial charge in [0, 0.05) is 30.8 Å². The number of benzene rings is 1. The number of amides is 1. The average molecular weight is 349 g/mol. The van der Waals surface area contributed by atoms with Gasteiger partial charge in [-0.15, -0.1) is 0 Å². The second kappa shape index (κ2) is 10.3. The zero-order valence-electron chi connectivity index (χ0n) is 15.6. The van der Waals surface area contributed by atoms with Gasteiger partial charge in [-0.2, -0.15) is 0 Å². The van der Waals surface area contributed by atoms with Gasteiger partial charge in [-0.25, -0.2) is 0 Å². The Kier molecular flexibility index (Phi) is 8.01. The summed E-state index contributed by atoms with van der Waals surface area (Å²) in [5, 5.41) is 6.30. The molecule has 2 rings (SSSR count). The normalized spacial score (nSPS) is 16.9. The third-order valence-electron chi connectivity index (χ3n) is 4.60. The Bertz CT molecular complexity index is 541. The Balaban J connectivity index is 1.91. The molecule has 0 aliphatic carbocycles. The molecule has 1 saturated heterocycles. The molecule has 0 radical (unpaired) electrons. The van der Waals surface area contributed by atoms with E-state index < -0.39 is 0 Å². The van der Waals surface area contributed by atoms with Crippen molar-refractivity contribution in [1.82, 2.24) is 10.2 Å². The van der Waals surface area contributed by atoms with Gasteiger partial charge in [0.05, 0.1) is 7.11 Å². The van der Waals surface area contributed by atoms with Crippen LogP contribution < -0.4 is 20.1 Å². The number of methoxy groups -OCH3 is 1. The second-order valence-corrected chi connectivity index (χ2v) is 6.29. The monoisotopic (exact) mass is 349 g/mol. The summed E-state index contributed by atoms with van der Waals surface area (Å²) in [5.41, 5.74) is 0.738. The molecule has 1 atom stereocenters. The topological polar surface area (TPSA) is 62.8 Å². The van der Waals surface area contributed by atoms with Gasteiger partial charge in [-0.3, -0.25) is 4.79 Å². The van der Waals surface area contributed by atoms with Crippen LogP contribution in [0.3, 0.4) is 0 Å². The van der Waals surface area contributed by atoms with E-state index in [4.69, 9.17) is 9.47 Å². The summed E-state index contributed by atoms with van der Waals surface area (Å²) in [6.07, 6.45) is 2.71. The first-order valence-electron chi connectivity index (χ1n) is 9.22. The molecule has 1 aromatic carbocycles. The number of hydrogen-bond acceptors (Lipinski definition) is 5. The van der Waals surface area contributed by atoms with Crippen LogP contribution in [0.2, 0.25) is 0 Å². The lowest BCUT2D eigenvalue weighted by Crippen LogP contribution is -2.28. The fraction of sp³-hybridized carbons (Fsp3) is 0.632. The van der Waals surface area contributed by atoms with Gasteiger partial charge in [0.1, 0.15) is 6.61 Å². The highest BCUT2D eigenvalue weighted by Crippen LogP contribution is 2.30. The molecule has 0 bridgehead atoms. The van der Waals surface area contributed by atoms with Gasteiger partial charge in [-0.1, -0.05) is 13.8 Å². The van der Waals surface area contributed by atoms with Gasteiger partial charge in [-0.05, 0) is 44.6 Å². The van der Waals surface area contributed by atoms with Gasteiger partial charge in [0.15, 0.2) is 11.5 Å². The molecule has 25 heavy (non-hydrogen) atoms. The van der Waals surface area contributed by atoms with Crippen LogP contribution in [0.1, 0.15) is 33.1 Å². The van der Waals surface area contributed by atoms with Crippen LogP contribution in [0.25, 0.3) is 0 Å². The third-order valence-corrected chi connectivity index (χ3v) is 4.60. The van der Waals surface area contributed by atoms with Crippen LogP contribution >= 0.6 is 0 Å². The average Bonchev–Trinajstić information content (AvgIpc) is 3.11. The number of anilines is 1. The van der Waals surface area contributed by atoms with Crippen LogP contribution in [0.15, 0.2) is 18.2 Å². The van der Waals surface area contributed by atoms with Crippen molar-refractivity contribution in [2.75, 3.05) is 45.2 Å². The summed E-state index contributed by atoms with van der Waals surface area (Å²) >= 11 is 0. The van der Waals surface area contributed by atoms with E-state index in [1.807, 2.05) is 18.2 Å². The number of rotatable bonds is 10. The molecular formula is C19H31N3O3. The molecule has 0 aromatic heterocycles. The number of carbonyl (C=O) groups is 1. The summed E-state index contributed by atoms with van der Waals surface area (Å²) in [7, 11) is 1.62. The summed E-state index contributed by atoms with van der Waals surface area (Å²) in [4.78, 5) is 14.5. The highest BCUT2D eigenvalue weighted by Gasteiger charge is 2.18. The lowest BCUT2D eigenvalue weighted by molar-refractivity contribution is -0.116. The highest BCUT2D eigenvalue weighted by molar-refractivity contribution is 5.91. The Labute approximate surface area is 150 Å². The van der Waals surface area contributed by atoms with Gasteiger partial charge >= 0.3 is 0 Å². The second-order valence-electron chi connectivity index (χ2n) is 6.29. The number of hydrogen-bond donors (Lipinski definition) is 2. The fourth-order valence-corrected chi connectivity index (χ4v) is 3.06. The molecule has 1 unspecified atom stereocenters. The first-order valence-corrected chi connectivity index (χ1v) is 9.22. The quantitative estimate of drug-likeness (QED) is 0.679. The lowest BCUT2D eigenvalue weighted by atomic mass is 10.1. The van der Waals surface area contributed by atoms with E-state index in [-0.39, 0.29) is 5.91 Å². The molecule has 1 aromatic rings. The van der Waals surface area contributed by atoms with Crippen molar-refractivity contribution in [2.24, 2.45) is 0 Å². The molecule has 1 heterocycles. The van der Waals surface area contributed by atoms with E-state index >= 15 is 0 Å². The van der Waals surface area contributed by atoms with Crippen LogP contribution in [0.5, 0.6) is 11.5 Å². The Morgan fingerprint density at radius 1 is 1.32 bits per heavy atom. The zero-order valence-corrected chi connectivity index (χ0v) is 15.6. The number of likely N-dealkylation sites (N-methyl/N-ethyl adjacent to an activating group) is 1. The number of nitrogens with one attached hydrogen (secondary N) is 2. The standard InChI is InChI=1S/C19H31N3O3/c1-4-22(5-2)11-12-25-18-13-16(8-9-17(18)24-3)21-19(23)14-15-7-6-10-20-15/h8-9,13,15,20H,4-7,10-12,14H2,1-3H3,(H,21,23). The summed E-state index contributed by atoms with van der Waals surface area (Å²) in [6, 6.07) is 5.80. The van der Waals surface area contributed by atoms with E-state index in [1.165, 1.54) is 0 Å². The Morgan fingerprint density at radius 3 is 2.76 bits per heavy atom. The van der Waals surface area contributed by atoms with E-state index in [2.05, 4.69) is 29.4 Å². The van der Waals surface area contributed by atoms with Crippen molar-refractivity contribution in [2.45, 2.75) is 39.2 Å². The van der Waals surface area contributed by atoms with Crippen molar-refractivity contribution < 1.29 is 14.3 Å². The molecule has 1 fully saturated rings. The van der Waals surface area contributed by atoms with Crippen LogP contribution in [0.4, 0.5) is 5.69 Å². The maximum Gasteiger partial charge on any atom is 0.225 e. The van der Waals surface area contributed by atoms with Crippen molar-refractivity contribution >= 4 is 11.6 Å². The van der Waals surface area contributed by atoms with Crippen LogP contribution in [-0.2, 0) is 4.79 Å². The molecule has 6 nitrogen and oxygen atoms in total. The molecule has 2 N–H and O–H groups in total. The van der Waals surface area contributed by atoms with Crippen LogP contribution in [0, 0.1) is 0 Å².